The molecule has 2 N–H and O–H groups in total. The first-order valence-corrected chi connectivity index (χ1v) is 5.93. The van der Waals surface area contributed by atoms with Crippen LogP contribution in [0.25, 0.3) is 0 Å². The van der Waals surface area contributed by atoms with Crippen molar-refractivity contribution in [2.24, 2.45) is 5.41 Å². The summed E-state index contributed by atoms with van der Waals surface area (Å²) < 4.78 is 4.80. The van der Waals surface area contributed by atoms with E-state index in [0.717, 1.165) is 5.56 Å². The number of aromatic hydroxyl groups is 1. The first-order valence-electron chi connectivity index (χ1n) is 5.93. The number of nitrogens with one attached hydrogen (secondary N) is 1. The van der Waals surface area contributed by atoms with Crippen LogP contribution in [-0.4, -0.2) is 24.2 Å². The number of esters is 1. The first-order chi connectivity index (χ1) is 8.34. The monoisotopic (exact) mass is 251 g/mol. The summed E-state index contributed by atoms with van der Waals surface area (Å²) in [4.78, 5) is 11.7. The van der Waals surface area contributed by atoms with Crippen LogP contribution < -0.4 is 5.32 Å². The summed E-state index contributed by atoms with van der Waals surface area (Å²) in [5.41, 5.74) is 0.787. The molecule has 0 aliphatic carbocycles. The zero-order valence-corrected chi connectivity index (χ0v) is 11.4. The number of hydrogen-bond donors (Lipinski definition) is 2. The molecule has 0 aliphatic heterocycles. The zero-order chi connectivity index (χ0) is 13.8. The first kappa shape index (κ1) is 14.5. The van der Waals surface area contributed by atoms with Crippen molar-refractivity contribution in [1.29, 1.82) is 0 Å². The topological polar surface area (TPSA) is 58.6 Å². The summed E-state index contributed by atoms with van der Waals surface area (Å²) >= 11 is 0. The fraction of sp³-hybridized carbons (Fsp3) is 0.500. The van der Waals surface area contributed by atoms with Gasteiger partial charge in [-0.25, -0.2) is 0 Å². The molecule has 0 saturated carbocycles. The van der Waals surface area contributed by atoms with Crippen molar-refractivity contribution in [3.8, 4) is 5.75 Å². The van der Waals surface area contributed by atoms with Crippen LogP contribution in [-0.2, 0) is 16.1 Å². The van der Waals surface area contributed by atoms with E-state index in [1.165, 1.54) is 7.11 Å². The third-order valence-corrected chi connectivity index (χ3v) is 2.75. The maximum atomic E-state index is 11.7. The number of carbonyl (C=O) groups is 1. The fourth-order valence-corrected chi connectivity index (χ4v) is 1.69. The van der Waals surface area contributed by atoms with Gasteiger partial charge in [0, 0.05) is 6.54 Å². The Hall–Kier alpha value is -1.55. The number of benzene rings is 1. The standard InChI is InChI=1S/C14H21NO3/c1-14(2,3)12(13(17)18-4)15-9-10-5-7-11(16)8-6-10/h5-8,12,15-16H,9H2,1-4H3. The van der Waals surface area contributed by atoms with E-state index in [1.54, 1.807) is 12.1 Å². The van der Waals surface area contributed by atoms with E-state index in [0.29, 0.717) is 6.54 Å². The van der Waals surface area contributed by atoms with Gasteiger partial charge in [-0.3, -0.25) is 10.1 Å². The number of phenolic OH excluding ortho intramolecular Hbond substituents is 1. The molecule has 0 heterocycles. The summed E-state index contributed by atoms with van der Waals surface area (Å²) in [6.45, 7) is 6.51. The highest BCUT2D eigenvalue weighted by Crippen LogP contribution is 2.21. The van der Waals surface area contributed by atoms with Gasteiger partial charge in [-0.2, -0.15) is 0 Å². The SMILES string of the molecule is COC(=O)C(NCc1ccc(O)cc1)C(C)(C)C. The number of phenols is 1. The number of rotatable bonds is 4. The second-order valence-corrected chi connectivity index (χ2v) is 5.37. The Labute approximate surface area is 108 Å². The van der Waals surface area contributed by atoms with Crippen molar-refractivity contribution in [1.82, 2.24) is 5.32 Å². The van der Waals surface area contributed by atoms with Crippen LogP contribution in [0.3, 0.4) is 0 Å². The van der Waals surface area contributed by atoms with Gasteiger partial charge >= 0.3 is 5.97 Å². The molecular weight excluding hydrogens is 230 g/mol. The summed E-state index contributed by atoms with van der Waals surface area (Å²) in [6.07, 6.45) is 0. The molecule has 0 saturated heterocycles. The van der Waals surface area contributed by atoms with Crippen LogP contribution in [0.4, 0.5) is 0 Å². The lowest BCUT2D eigenvalue weighted by Crippen LogP contribution is -2.46. The summed E-state index contributed by atoms with van der Waals surface area (Å²) in [5, 5.41) is 12.4. The van der Waals surface area contributed by atoms with E-state index in [1.807, 2.05) is 32.9 Å². The van der Waals surface area contributed by atoms with Crippen LogP contribution in [0.1, 0.15) is 26.3 Å². The number of methoxy groups -OCH3 is 1. The predicted octanol–water partition coefficient (Wildman–Crippen LogP) is 2.07. The molecular formula is C14H21NO3. The molecule has 1 atom stereocenters. The Morgan fingerprint density at radius 2 is 1.89 bits per heavy atom. The van der Waals surface area contributed by atoms with E-state index in [4.69, 9.17) is 4.74 Å². The largest absolute Gasteiger partial charge is 0.508 e. The van der Waals surface area contributed by atoms with Gasteiger partial charge in [0.05, 0.1) is 7.11 Å². The molecule has 1 aromatic carbocycles. The molecule has 0 aromatic heterocycles. The Kier molecular flexibility index (Phi) is 4.73. The fourth-order valence-electron chi connectivity index (χ4n) is 1.69. The van der Waals surface area contributed by atoms with E-state index in [-0.39, 0.29) is 23.2 Å². The minimum Gasteiger partial charge on any atom is -0.508 e. The molecule has 0 bridgehead atoms. The van der Waals surface area contributed by atoms with Gasteiger partial charge in [-0.15, -0.1) is 0 Å². The van der Waals surface area contributed by atoms with Gasteiger partial charge in [-0.1, -0.05) is 32.9 Å². The number of hydrogen-bond acceptors (Lipinski definition) is 4. The van der Waals surface area contributed by atoms with Crippen LogP contribution in [0.15, 0.2) is 24.3 Å². The lowest BCUT2D eigenvalue weighted by atomic mass is 9.86. The normalized spacial score (nSPS) is 13.1. The molecule has 1 rings (SSSR count). The van der Waals surface area contributed by atoms with Crippen molar-refractivity contribution in [2.45, 2.75) is 33.4 Å². The maximum Gasteiger partial charge on any atom is 0.323 e. The average Bonchev–Trinajstić information content (AvgIpc) is 2.29. The molecule has 4 nitrogen and oxygen atoms in total. The van der Waals surface area contributed by atoms with Gasteiger partial charge in [0.2, 0.25) is 0 Å². The van der Waals surface area contributed by atoms with E-state index in [2.05, 4.69) is 5.32 Å². The third-order valence-electron chi connectivity index (χ3n) is 2.75. The van der Waals surface area contributed by atoms with E-state index < -0.39 is 0 Å². The molecule has 0 aliphatic rings. The number of ether oxygens (including phenoxy) is 1. The minimum atomic E-state index is -0.365. The van der Waals surface area contributed by atoms with Gasteiger partial charge in [0.25, 0.3) is 0 Å². The van der Waals surface area contributed by atoms with Crippen LogP contribution in [0.5, 0.6) is 5.75 Å². The lowest BCUT2D eigenvalue weighted by molar-refractivity contribution is -0.146. The summed E-state index contributed by atoms with van der Waals surface area (Å²) in [6, 6.07) is 6.53. The molecule has 1 unspecified atom stereocenters. The highest BCUT2D eigenvalue weighted by Gasteiger charge is 2.31. The van der Waals surface area contributed by atoms with Crippen molar-refractivity contribution < 1.29 is 14.6 Å². The second-order valence-electron chi connectivity index (χ2n) is 5.37. The van der Waals surface area contributed by atoms with Crippen molar-refractivity contribution >= 4 is 5.97 Å². The summed E-state index contributed by atoms with van der Waals surface area (Å²) in [5.74, 6) is -0.0274. The Balaban J connectivity index is 2.68. The molecule has 100 valence electrons. The lowest BCUT2D eigenvalue weighted by Gasteiger charge is -2.29. The summed E-state index contributed by atoms with van der Waals surface area (Å²) in [7, 11) is 1.39. The van der Waals surface area contributed by atoms with E-state index in [9.17, 15) is 9.90 Å². The highest BCUT2D eigenvalue weighted by molar-refractivity contribution is 5.76. The van der Waals surface area contributed by atoms with Gasteiger partial charge in [0.1, 0.15) is 11.8 Å². The molecule has 4 heteroatoms. The quantitative estimate of drug-likeness (QED) is 0.804. The Bertz CT molecular complexity index is 392. The predicted molar refractivity (Wildman–Crippen MR) is 70.2 cm³/mol. The molecule has 1 aromatic rings. The van der Waals surface area contributed by atoms with Crippen molar-refractivity contribution in [2.75, 3.05) is 7.11 Å². The zero-order valence-electron chi connectivity index (χ0n) is 11.4. The Morgan fingerprint density at radius 3 is 2.33 bits per heavy atom. The van der Waals surface area contributed by atoms with Gasteiger partial charge in [-0.05, 0) is 23.1 Å². The molecule has 0 radical (unpaired) electrons. The molecule has 0 fully saturated rings. The Morgan fingerprint density at radius 1 is 1.33 bits per heavy atom. The van der Waals surface area contributed by atoms with Crippen LogP contribution in [0.2, 0.25) is 0 Å². The highest BCUT2D eigenvalue weighted by atomic mass is 16.5. The van der Waals surface area contributed by atoms with Crippen LogP contribution in [0, 0.1) is 5.41 Å². The second kappa shape index (κ2) is 5.87. The number of carbonyl (C=O) groups excluding carboxylic acids is 1. The molecule has 18 heavy (non-hydrogen) atoms. The third kappa shape index (κ3) is 4.04. The van der Waals surface area contributed by atoms with Crippen molar-refractivity contribution in [3.05, 3.63) is 29.8 Å². The average molecular weight is 251 g/mol. The van der Waals surface area contributed by atoms with Crippen molar-refractivity contribution in [3.63, 3.8) is 0 Å². The maximum absolute atomic E-state index is 11.7. The van der Waals surface area contributed by atoms with E-state index >= 15 is 0 Å². The van der Waals surface area contributed by atoms with Crippen LogP contribution >= 0.6 is 0 Å². The minimum absolute atomic E-state index is 0.218. The van der Waals surface area contributed by atoms with Gasteiger partial charge in [0.15, 0.2) is 0 Å². The smallest absolute Gasteiger partial charge is 0.323 e. The molecule has 0 spiro atoms. The van der Waals surface area contributed by atoms with Gasteiger partial charge < -0.3 is 9.84 Å². The molecule has 0 amide bonds.